The van der Waals surface area contributed by atoms with Crippen LogP contribution < -0.4 is 10.1 Å². The molecule has 0 saturated heterocycles. The van der Waals surface area contributed by atoms with E-state index in [0.29, 0.717) is 0 Å². The van der Waals surface area contributed by atoms with Crippen LogP contribution in [0.2, 0.25) is 0 Å². The minimum absolute atomic E-state index is 0.0104. The number of hydrogen-bond donors (Lipinski definition) is 3. The number of phenolic OH excluding ortho intramolecular Hbond substituents is 1. The highest BCUT2D eigenvalue weighted by atomic mass is 32.2. The van der Waals surface area contributed by atoms with Crippen LogP contribution in [0, 0.1) is 0 Å². The molecule has 1 aromatic carbocycles. The third-order valence-electron chi connectivity index (χ3n) is 3.44. The quantitative estimate of drug-likeness (QED) is 0.394. The van der Waals surface area contributed by atoms with Crippen molar-refractivity contribution in [1.29, 1.82) is 0 Å². The number of carbonyl (C=O) groups excluding carboxylic acids is 1. The molecule has 2 heterocycles. The van der Waals surface area contributed by atoms with E-state index in [1.54, 1.807) is 0 Å². The van der Waals surface area contributed by atoms with Crippen molar-refractivity contribution in [3.05, 3.63) is 36.2 Å². The number of nitrogens with one attached hydrogen (secondary N) is 2. The highest BCUT2D eigenvalue weighted by Gasteiger charge is 2.33. The molecule has 0 aliphatic heterocycles. The summed E-state index contributed by atoms with van der Waals surface area (Å²) in [5.74, 6) is -2.48. The number of thioether (sulfide) groups is 1. The summed E-state index contributed by atoms with van der Waals surface area (Å²) in [6.07, 6.45) is -8.63. The van der Waals surface area contributed by atoms with E-state index in [4.69, 9.17) is 0 Å². The molecule has 0 bridgehead atoms. The lowest BCUT2D eigenvalue weighted by molar-refractivity contribution is -0.275. The van der Waals surface area contributed by atoms with Gasteiger partial charge in [0.15, 0.2) is 16.7 Å². The van der Waals surface area contributed by atoms with Gasteiger partial charge < -0.3 is 20.1 Å². The van der Waals surface area contributed by atoms with Gasteiger partial charge in [-0.1, -0.05) is 11.8 Å². The molecule has 3 rings (SSSR count). The number of amides is 1. The summed E-state index contributed by atoms with van der Waals surface area (Å²) in [6, 6.07) is 3.56. The Labute approximate surface area is 167 Å². The Morgan fingerprint density at radius 2 is 1.93 bits per heavy atom. The second kappa shape index (κ2) is 7.93. The molecule has 7 nitrogen and oxygen atoms in total. The van der Waals surface area contributed by atoms with Gasteiger partial charge in [0, 0.05) is 11.8 Å². The van der Waals surface area contributed by atoms with Gasteiger partial charge in [-0.2, -0.15) is 13.2 Å². The third-order valence-corrected chi connectivity index (χ3v) is 4.32. The van der Waals surface area contributed by atoms with Crippen LogP contribution in [-0.2, 0) is 11.0 Å². The fourth-order valence-electron chi connectivity index (χ4n) is 2.25. The molecular formula is C16H10F6N4O3S. The largest absolute Gasteiger partial charge is 0.573 e. The molecule has 0 fully saturated rings. The zero-order valence-electron chi connectivity index (χ0n) is 14.4. The summed E-state index contributed by atoms with van der Waals surface area (Å²) in [6.45, 7) is 0. The lowest BCUT2D eigenvalue weighted by Crippen LogP contribution is -2.17. The highest BCUT2D eigenvalue weighted by molar-refractivity contribution is 7.99. The van der Waals surface area contributed by atoms with Gasteiger partial charge in [-0.25, -0.2) is 9.97 Å². The Kier molecular flexibility index (Phi) is 5.70. The fourth-order valence-corrected chi connectivity index (χ4v) is 2.93. The van der Waals surface area contributed by atoms with E-state index in [0.717, 1.165) is 42.2 Å². The number of aromatic amines is 1. The predicted molar refractivity (Wildman–Crippen MR) is 93.0 cm³/mol. The number of halogens is 6. The normalized spacial score (nSPS) is 12.2. The van der Waals surface area contributed by atoms with Crippen molar-refractivity contribution in [2.45, 2.75) is 17.7 Å². The van der Waals surface area contributed by atoms with Crippen molar-refractivity contribution >= 4 is 34.4 Å². The van der Waals surface area contributed by atoms with Gasteiger partial charge in [-0.3, -0.25) is 4.79 Å². The van der Waals surface area contributed by atoms with Crippen LogP contribution in [0.3, 0.4) is 0 Å². The predicted octanol–water partition coefficient (Wildman–Crippen LogP) is 4.31. The first-order valence-electron chi connectivity index (χ1n) is 7.85. The average Bonchev–Trinajstić information content (AvgIpc) is 3.03. The first kappa shape index (κ1) is 21.5. The van der Waals surface area contributed by atoms with Crippen molar-refractivity contribution in [3.63, 3.8) is 0 Å². The van der Waals surface area contributed by atoms with Crippen molar-refractivity contribution in [2.75, 3.05) is 11.1 Å². The maximum atomic E-state index is 12.7. The lowest BCUT2D eigenvalue weighted by Gasteiger charge is -2.11. The topological polar surface area (TPSA) is 100 Å². The molecular weight excluding hydrogens is 442 g/mol. The molecule has 30 heavy (non-hydrogen) atoms. The number of fused-ring (bicyclic) bond motifs is 1. The van der Waals surface area contributed by atoms with E-state index in [2.05, 4.69) is 25.0 Å². The molecule has 0 aliphatic rings. The molecule has 160 valence electrons. The van der Waals surface area contributed by atoms with E-state index in [9.17, 15) is 36.2 Å². The van der Waals surface area contributed by atoms with Crippen molar-refractivity contribution in [3.8, 4) is 11.5 Å². The van der Waals surface area contributed by atoms with Gasteiger partial charge in [0.25, 0.3) is 0 Å². The first-order valence-corrected chi connectivity index (χ1v) is 8.83. The number of H-pyrrole nitrogens is 1. The van der Waals surface area contributed by atoms with Crippen molar-refractivity contribution in [2.24, 2.45) is 0 Å². The Morgan fingerprint density at radius 3 is 2.57 bits per heavy atom. The first-order chi connectivity index (χ1) is 13.9. The summed E-state index contributed by atoms with van der Waals surface area (Å²) < 4.78 is 78.2. The number of carbonyl (C=O) groups is 1. The number of ether oxygens (including phenoxy) is 1. The van der Waals surface area contributed by atoms with Crippen LogP contribution >= 0.6 is 11.8 Å². The second-order valence-corrected chi connectivity index (χ2v) is 6.66. The van der Waals surface area contributed by atoms with Gasteiger partial charge in [0.2, 0.25) is 5.91 Å². The van der Waals surface area contributed by atoms with Gasteiger partial charge >= 0.3 is 12.5 Å². The number of pyridine rings is 1. The molecule has 0 atom stereocenters. The average molecular weight is 452 g/mol. The number of nitrogens with zero attached hydrogens (tertiary/aromatic N) is 2. The molecule has 2 aromatic heterocycles. The number of benzene rings is 1. The maximum Gasteiger partial charge on any atom is 0.573 e. The number of hydrogen-bond acceptors (Lipinski definition) is 6. The van der Waals surface area contributed by atoms with Gasteiger partial charge in [0.05, 0.1) is 23.0 Å². The van der Waals surface area contributed by atoms with E-state index >= 15 is 0 Å². The van der Waals surface area contributed by atoms with Crippen LogP contribution in [0.1, 0.15) is 5.69 Å². The number of aromatic nitrogens is 3. The molecule has 3 N–H and O–H groups in total. The smallest absolute Gasteiger partial charge is 0.504 e. The van der Waals surface area contributed by atoms with Gasteiger partial charge in [0.1, 0.15) is 5.69 Å². The molecule has 0 radical (unpaired) electrons. The monoisotopic (exact) mass is 452 g/mol. The zero-order valence-corrected chi connectivity index (χ0v) is 15.2. The Hall–Kier alpha value is -3.16. The van der Waals surface area contributed by atoms with Crippen LogP contribution in [0.4, 0.5) is 32.0 Å². The highest BCUT2D eigenvalue weighted by Crippen LogP contribution is 2.33. The van der Waals surface area contributed by atoms with E-state index < -0.39 is 35.6 Å². The fraction of sp³-hybridized carbons (Fsp3) is 0.188. The maximum absolute atomic E-state index is 12.7. The SMILES string of the molecule is O=C(CSc1nc2cc(C(F)(F)F)ncc2[nH]1)Nc1ccc(OC(F)(F)F)c(O)c1. The van der Waals surface area contributed by atoms with Gasteiger partial charge in [-0.15, -0.1) is 13.2 Å². The minimum Gasteiger partial charge on any atom is -0.504 e. The molecule has 3 aromatic rings. The summed E-state index contributed by atoms with van der Waals surface area (Å²) in [4.78, 5) is 21.9. The molecule has 0 saturated carbocycles. The van der Waals surface area contributed by atoms with Gasteiger partial charge in [-0.05, 0) is 18.2 Å². The minimum atomic E-state index is -4.98. The summed E-state index contributed by atoms with van der Waals surface area (Å²) in [5.41, 5.74) is -0.828. The number of phenols is 1. The second-order valence-electron chi connectivity index (χ2n) is 5.69. The standard InChI is InChI=1S/C16H10F6N4O3S/c17-15(18,19)12-4-8-9(5-23-12)26-14(25-8)30-6-13(28)24-7-1-2-11(10(27)3-7)29-16(20,21)22/h1-5,27H,6H2,(H,24,28)(H,25,26). The Morgan fingerprint density at radius 1 is 1.20 bits per heavy atom. The van der Waals surface area contributed by atoms with Crippen molar-refractivity contribution < 1.29 is 41.0 Å². The Balaban J connectivity index is 1.61. The number of alkyl halides is 6. The number of imidazole rings is 1. The van der Waals surface area contributed by atoms with Crippen LogP contribution in [0.25, 0.3) is 11.0 Å². The molecule has 1 amide bonds. The molecule has 0 aliphatic carbocycles. The van der Waals surface area contributed by atoms with Crippen LogP contribution in [-0.4, -0.2) is 38.1 Å². The third kappa shape index (κ3) is 5.46. The number of anilines is 1. The molecule has 14 heteroatoms. The van der Waals surface area contributed by atoms with Crippen molar-refractivity contribution in [1.82, 2.24) is 15.0 Å². The van der Waals surface area contributed by atoms with E-state index in [-0.39, 0.29) is 27.6 Å². The summed E-state index contributed by atoms with van der Waals surface area (Å²) in [7, 11) is 0. The molecule has 0 unspecified atom stereocenters. The lowest BCUT2D eigenvalue weighted by atomic mass is 10.3. The molecule has 0 spiro atoms. The number of aromatic hydroxyl groups is 1. The summed E-state index contributed by atoms with van der Waals surface area (Å²) >= 11 is 0.878. The number of rotatable bonds is 5. The van der Waals surface area contributed by atoms with E-state index in [1.807, 2.05) is 0 Å². The van der Waals surface area contributed by atoms with E-state index in [1.165, 1.54) is 0 Å². The Bertz CT molecular complexity index is 1080. The zero-order chi connectivity index (χ0) is 22.1. The van der Waals surface area contributed by atoms with Crippen LogP contribution in [0.15, 0.2) is 35.6 Å². The van der Waals surface area contributed by atoms with Crippen LogP contribution in [0.5, 0.6) is 11.5 Å². The summed E-state index contributed by atoms with van der Waals surface area (Å²) in [5, 5.41) is 12.1.